The zero-order valence-corrected chi connectivity index (χ0v) is 17.0. The van der Waals surface area contributed by atoms with Crippen LogP contribution in [0.15, 0.2) is 36.5 Å². The van der Waals surface area contributed by atoms with Crippen molar-refractivity contribution in [3.63, 3.8) is 0 Å². The Labute approximate surface area is 173 Å². The van der Waals surface area contributed by atoms with Gasteiger partial charge in [-0.3, -0.25) is 14.5 Å². The van der Waals surface area contributed by atoms with Crippen molar-refractivity contribution in [1.82, 2.24) is 19.9 Å². The number of nitrogens with one attached hydrogen (secondary N) is 1. The summed E-state index contributed by atoms with van der Waals surface area (Å²) in [5.74, 6) is 1.38. The number of H-pyrrole nitrogens is 1. The Morgan fingerprint density at radius 1 is 1.38 bits per heavy atom. The number of hydrogen-bond acceptors (Lipinski definition) is 6. The van der Waals surface area contributed by atoms with E-state index < -0.39 is 0 Å². The molecule has 1 atom stereocenters. The van der Waals surface area contributed by atoms with Crippen LogP contribution in [-0.2, 0) is 4.79 Å². The van der Waals surface area contributed by atoms with Gasteiger partial charge in [0, 0.05) is 19.3 Å². The van der Waals surface area contributed by atoms with E-state index in [9.17, 15) is 9.59 Å². The van der Waals surface area contributed by atoms with E-state index in [-0.39, 0.29) is 28.2 Å². The molecule has 29 heavy (non-hydrogen) atoms. The highest BCUT2D eigenvalue weighted by molar-refractivity contribution is 8.14. The largest absolute Gasteiger partial charge is 0.355 e. The number of aromatic nitrogens is 3. The summed E-state index contributed by atoms with van der Waals surface area (Å²) < 4.78 is 0. The molecule has 2 saturated heterocycles. The van der Waals surface area contributed by atoms with E-state index in [2.05, 4.69) is 32.2 Å². The molecule has 1 saturated carbocycles. The number of fused-ring (bicyclic) bond motifs is 1. The average molecular weight is 410 g/mol. The minimum atomic E-state index is -0.157. The highest BCUT2D eigenvalue weighted by Gasteiger charge is 2.48. The lowest BCUT2D eigenvalue weighted by atomic mass is 9.85. The minimum absolute atomic E-state index is 0.111. The summed E-state index contributed by atoms with van der Waals surface area (Å²) in [6.45, 7) is 6.05. The van der Waals surface area contributed by atoms with Crippen LogP contribution in [0.5, 0.6) is 0 Å². The summed E-state index contributed by atoms with van der Waals surface area (Å²) in [6, 6.07) is 2.03. The van der Waals surface area contributed by atoms with Crippen LogP contribution in [0, 0.1) is 11.3 Å². The molecule has 7 nitrogen and oxygen atoms in total. The maximum Gasteiger partial charge on any atom is 0.289 e. The predicted octanol–water partition coefficient (Wildman–Crippen LogP) is 3.36. The van der Waals surface area contributed by atoms with Crippen LogP contribution >= 0.6 is 11.8 Å². The third-order valence-corrected chi connectivity index (χ3v) is 7.29. The number of nitrogens with zero attached hydrogens (tertiary/aromatic N) is 4. The molecule has 150 valence electrons. The number of hydrogen-bond donors (Lipinski definition) is 1. The summed E-state index contributed by atoms with van der Waals surface area (Å²) in [6.07, 6.45) is 7.89. The van der Waals surface area contributed by atoms with Gasteiger partial charge in [0.25, 0.3) is 5.24 Å². The number of thioether (sulfide) groups is 1. The van der Waals surface area contributed by atoms with E-state index >= 15 is 0 Å². The Kier molecular flexibility index (Phi) is 4.48. The van der Waals surface area contributed by atoms with Crippen LogP contribution in [0.25, 0.3) is 11.0 Å². The van der Waals surface area contributed by atoms with E-state index in [1.165, 1.54) is 17.7 Å². The topological polar surface area (TPSA) is 82.2 Å². The monoisotopic (exact) mass is 409 g/mol. The van der Waals surface area contributed by atoms with E-state index in [0.717, 1.165) is 60.1 Å². The number of carbonyl (C=O) groups excluding carboxylic acids is 2. The second kappa shape index (κ2) is 7.04. The highest BCUT2D eigenvalue weighted by atomic mass is 32.2. The first-order valence-electron chi connectivity index (χ1n) is 9.97. The fourth-order valence-corrected chi connectivity index (χ4v) is 5.37. The van der Waals surface area contributed by atoms with Gasteiger partial charge in [-0.05, 0) is 48.7 Å². The fourth-order valence-electron chi connectivity index (χ4n) is 4.65. The molecule has 4 heterocycles. The SMILES string of the molecule is C=C=C(CN1C(=O)CSC1=O)C1CCN(c2ncnc3[nH]ccc23)CC2(CC2)C1. The Morgan fingerprint density at radius 2 is 2.24 bits per heavy atom. The summed E-state index contributed by atoms with van der Waals surface area (Å²) >= 11 is 1.08. The van der Waals surface area contributed by atoms with Crippen LogP contribution < -0.4 is 4.90 Å². The normalized spacial score (nSPS) is 23.5. The fraction of sp³-hybridized carbons (Fsp3) is 0.476. The number of anilines is 1. The van der Waals surface area contributed by atoms with Gasteiger partial charge in [0.1, 0.15) is 17.8 Å². The molecule has 0 radical (unpaired) electrons. The average Bonchev–Trinajstić information content (AvgIpc) is 3.24. The van der Waals surface area contributed by atoms with Gasteiger partial charge in [0.2, 0.25) is 5.91 Å². The number of imide groups is 1. The summed E-state index contributed by atoms with van der Waals surface area (Å²) in [4.78, 5) is 39.9. The van der Waals surface area contributed by atoms with Gasteiger partial charge >= 0.3 is 0 Å². The molecule has 2 aromatic heterocycles. The Morgan fingerprint density at radius 3 is 2.97 bits per heavy atom. The molecule has 1 unspecified atom stereocenters. The van der Waals surface area contributed by atoms with Crippen molar-refractivity contribution in [3.05, 3.63) is 36.5 Å². The first-order chi connectivity index (χ1) is 14.1. The highest BCUT2D eigenvalue weighted by Crippen LogP contribution is 2.54. The first-order valence-corrected chi connectivity index (χ1v) is 11.0. The maximum absolute atomic E-state index is 12.1. The van der Waals surface area contributed by atoms with Crippen molar-refractivity contribution < 1.29 is 9.59 Å². The molecule has 0 bridgehead atoms. The van der Waals surface area contributed by atoms with Crippen LogP contribution in [-0.4, -0.2) is 56.4 Å². The number of amides is 2. The smallest absolute Gasteiger partial charge is 0.289 e. The zero-order valence-electron chi connectivity index (χ0n) is 16.2. The maximum atomic E-state index is 12.1. The Bertz CT molecular complexity index is 1020. The third-order valence-electron chi connectivity index (χ3n) is 6.43. The van der Waals surface area contributed by atoms with Crippen LogP contribution in [0.3, 0.4) is 0 Å². The molecule has 5 rings (SSSR count). The van der Waals surface area contributed by atoms with Crippen molar-refractivity contribution >= 4 is 39.8 Å². The third kappa shape index (κ3) is 3.36. The minimum Gasteiger partial charge on any atom is -0.355 e. The van der Waals surface area contributed by atoms with Crippen LogP contribution in [0.1, 0.15) is 25.7 Å². The van der Waals surface area contributed by atoms with E-state index in [1.54, 1.807) is 6.33 Å². The van der Waals surface area contributed by atoms with E-state index in [1.807, 2.05) is 12.3 Å². The van der Waals surface area contributed by atoms with E-state index in [4.69, 9.17) is 0 Å². The summed E-state index contributed by atoms with van der Waals surface area (Å²) in [5, 5.41) is 0.890. The molecule has 8 heteroatoms. The predicted molar refractivity (Wildman–Crippen MR) is 113 cm³/mol. The van der Waals surface area contributed by atoms with Gasteiger partial charge in [-0.2, -0.15) is 0 Å². The molecular weight excluding hydrogens is 386 g/mol. The molecule has 1 aliphatic carbocycles. The molecule has 3 aliphatic rings. The molecule has 2 amide bonds. The lowest BCUT2D eigenvalue weighted by Crippen LogP contribution is -2.32. The molecule has 1 N–H and O–H groups in total. The van der Waals surface area contributed by atoms with Crippen molar-refractivity contribution in [3.8, 4) is 0 Å². The van der Waals surface area contributed by atoms with Gasteiger partial charge in [0.05, 0.1) is 17.7 Å². The molecule has 1 spiro atoms. The lowest BCUT2D eigenvalue weighted by molar-refractivity contribution is -0.124. The quantitative estimate of drug-likeness (QED) is 0.780. The number of aromatic amines is 1. The Hall–Kier alpha value is -2.57. The summed E-state index contributed by atoms with van der Waals surface area (Å²) in [5.41, 5.74) is 5.18. The van der Waals surface area contributed by atoms with Crippen molar-refractivity contribution in [2.24, 2.45) is 11.3 Å². The van der Waals surface area contributed by atoms with Crippen molar-refractivity contribution in [2.45, 2.75) is 25.7 Å². The molecular formula is C21H23N5O2S. The van der Waals surface area contributed by atoms with Crippen molar-refractivity contribution in [1.29, 1.82) is 0 Å². The molecule has 3 fully saturated rings. The molecule has 0 aromatic carbocycles. The molecule has 2 aliphatic heterocycles. The molecule has 2 aromatic rings. The van der Waals surface area contributed by atoms with Crippen LogP contribution in [0.4, 0.5) is 10.6 Å². The second-order valence-corrected chi connectivity index (χ2v) is 9.21. The van der Waals surface area contributed by atoms with Gasteiger partial charge in [-0.1, -0.05) is 18.3 Å². The van der Waals surface area contributed by atoms with Gasteiger partial charge < -0.3 is 9.88 Å². The Balaban J connectivity index is 1.39. The lowest BCUT2D eigenvalue weighted by Gasteiger charge is -2.25. The first kappa shape index (κ1) is 18.5. The summed E-state index contributed by atoms with van der Waals surface area (Å²) in [7, 11) is 0. The van der Waals surface area contributed by atoms with Crippen molar-refractivity contribution in [2.75, 3.05) is 30.3 Å². The second-order valence-electron chi connectivity index (χ2n) is 8.28. The van der Waals surface area contributed by atoms with Gasteiger partial charge in [-0.25, -0.2) is 9.97 Å². The standard InChI is InChI=1S/C21H23N5O2S/c1-2-14(10-26-17(27)11-29-20(26)28)15-4-8-25(12-21(9-15)5-6-21)19-16-3-7-22-18(16)23-13-24-19/h3,7,13,15H,1,4-6,8-12H2,(H,22,23,24). The number of rotatable bonds is 4. The van der Waals surface area contributed by atoms with Gasteiger partial charge in [-0.15, -0.1) is 5.73 Å². The number of carbonyl (C=O) groups is 2. The van der Waals surface area contributed by atoms with E-state index in [0.29, 0.717) is 6.54 Å². The van der Waals surface area contributed by atoms with Crippen LogP contribution in [0.2, 0.25) is 0 Å². The zero-order chi connectivity index (χ0) is 20.0. The van der Waals surface area contributed by atoms with Gasteiger partial charge in [0.15, 0.2) is 0 Å².